The summed E-state index contributed by atoms with van der Waals surface area (Å²) in [5, 5.41) is 0. The molecule has 0 unspecified atom stereocenters. The molecule has 12 heteroatoms. The van der Waals surface area contributed by atoms with Crippen LogP contribution in [0, 0.1) is 0 Å². The zero-order valence-electron chi connectivity index (χ0n) is 19.1. The monoisotopic (exact) mass is 656 g/mol. The van der Waals surface area contributed by atoms with Gasteiger partial charge in [0, 0.05) is 13.8 Å². The van der Waals surface area contributed by atoms with Crippen molar-refractivity contribution in [2.75, 3.05) is 0 Å². The van der Waals surface area contributed by atoms with Gasteiger partial charge in [-0.3, -0.25) is 0 Å². The number of alkyl halides is 6. The molecule has 2 nitrogen and oxygen atoms in total. The average Bonchev–Trinajstić information content (AvgIpc) is 2.57. The Morgan fingerprint density at radius 2 is 1.09 bits per heavy atom. The molecule has 2 aromatic carbocycles. The molecule has 0 radical (unpaired) electrons. The average molecular weight is 658 g/mol. The van der Waals surface area contributed by atoms with Crippen molar-refractivity contribution in [2.45, 2.75) is 73.2 Å². The molecule has 0 aliphatic rings. The van der Waals surface area contributed by atoms with Gasteiger partial charge >= 0.3 is 11.0 Å². The lowest BCUT2D eigenvalue weighted by Crippen LogP contribution is -2.24. The van der Waals surface area contributed by atoms with Crippen molar-refractivity contribution in [1.82, 2.24) is 0 Å². The Balaban J connectivity index is 0.000000342. The summed E-state index contributed by atoms with van der Waals surface area (Å²) in [6.45, 7) is 11.3. The van der Waals surface area contributed by atoms with Crippen LogP contribution in [0.25, 0.3) is 0 Å². The lowest BCUT2D eigenvalue weighted by molar-refractivity contribution is -0.0436. The zero-order chi connectivity index (χ0) is 26.9. The molecule has 0 atom stereocenters. The van der Waals surface area contributed by atoms with Gasteiger partial charge in [0.2, 0.25) is 0 Å². The molecular formula is C22H24Br2F6O2S2. The van der Waals surface area contributed by atoms with Gasteiger partial charge in [0.15, 0.2) is 0 Å². The Morgan fingerprint density at radius 3 is 1.47 bits per heavy atom. The van der Waals surface area contributed by atoms with Crippen LogP contribution in [0.3, 0.4) is 0 Å². The Kier molecular flexibility index (Phi) is 9.87. The number of benzene rings is 2. The third-order valence-electron chi connectivity index (χ3n) is 4.32. The van der Waals surface area contributed by atoms with Crippen molar-refractivity contribution in [2.24, 2.45) is 0 Å². The highest BCUT2D eigenvalue weighted by Crippen LogP contribution is 2.40. The summed E-state index contributed by atoms with van der Waals surface area (Å²) in [4.78, 5) is -0.527. The first-order valence-electron chi connectivity index (χ1n) is 9.63. The largest absolute Gasteiger partial charge is 0.501 e. The van der Waals surface area contributed by atoms with E-state index in [0.717, 1.165) is 17.7 Å². The lowest BCUT2D eigenvalue weighted by Gasteiger charge is -2.20. The highest BCUT2D eigenvalue weighted by Gasteiger charge is 2.47. The van der Waals surface area contributed by atoms with Crippen LogP contribution in [0.2, 0.25) is 0 Å². The molecule has 192 valence electrons. The highest BCUT2D eigenvalue weighted by molar-refractivity contribution is 9.10. The SMILES string of the molecule is CC(C)(C)c1cc(Br)cc(S(=O)(=O)C(F)(F)F)c1.CC(C)(C)c1cc(Br)cc(SC(F)(F)F)c1. The Labute approximate surface area is 217 Å². The van der Waals surface area contributed by atoms with Crippen molar-refractivity contribution < 1.29 is 34.8 Å². The van der Waals surface area contributed by atoms with Crippen LogP contribution < -0.4 is 0 Å². The molecule has 0 spiro atoms. The van der Waals surface area contributed by atoms with E-state index >= 15 is 0 Å². The van der Waals surface area contributed by atoms with E-state index in [1.165, 1.54) is 6.07 Å². The maximum absolute atomic E-state index is 12.5. The minimum Gasteiger partial charge on any atom is -0.214 e. The summed E-state index contributed by atoms with van der Waals surface area (Å²) in [7, 11) is -5.31. The van der Waals surface area contributed by atoms with E-state index in [0.29, 0.717) is 14.5 Å². The Hall–Kier alpha value is -0.720. The predicted molar refractivity (Wildman–Crippen MR) is 131 cm³/mol. The molecule has 0 aromatic heterocycles. The summed E-state index contributed by atoms with van der Waals surface area (Å²) >= 11 is 6.18. The summed E-state index contributed by atoms with van der Waals surface area (Å²) in [6, 6.07) is 8.54. The summed E-state index contributed by atoms with van der Waals surface area (Å²) in [5.41, 5.74) is -8.74. The molecule has 0 N–H and O–H groups in total. The van der Waals surface area contributed by atoms with Gasteiger partial charge in [-0.2, -0.15) is 26.3 Å². The standard InChI is InChI=1S/C11H12BrF3O2S.C11H12BrF3S/c1-10(2,3)7-4-8(12)6-9(5-7)18(16,17)11(13,14)15;1-10(2,3)7-4-8(12)6-9(5-7)16-11(13,14)15/h4-6H,1-3H3;4-6H,1-3H3. The third kappa shape index (κ3) is 9.39. The smallest absolute Gasteiger partial charge is 0.214 e. The fourth-order valence-corrected chi connectivity index (χ4v) is 5.23. The van der Waals surface area contributed by atoms with E-state index in [4.69, 9.17) is 0 Å². The van der Waals surface area contributed by atoms with Gasteiger partial charge in [0.25, 0.3) is 9.84 Å². The molecular weight excluding hydrogens is 634 g/mol. The van der Waals surface area contributed by atoms with E-state index < -0.39 is 31.2 Å². The zero-order valence-corrected chi connectivity index (χ0v) is 23.9. The van der Waals surface area contributed by atoms with Crippen molar-refractivity contribution in [3.63, 3.8) is 0 Å². The fourth-order valence-electron chi connectivity index (χ4n) is 2.47. The molecule has 0 saturated heterocycles. The second kappa shape index (κ2) is 10.7. The molecule has 0 bridgehead atoms. The third-order valence-corrected chi connectivity index (χ3v) is 7.41. The first-order chi connectivity index (χ1) is 14.9. The van der Waals surface area contributed by atoms with Gasteiger partial charge in [-0.1, -0.05) is 73.4 Å². The summed E-state index contributed by atoms with van der Waals surface area (Å²) in [5.74, 6) is 0. The van der Waals surface area contributed by atoms with Gasteiger partial charge in [-0.05, 0) is 70.1 Å². The number of sulfone groups is 1. The van der Waals surface area contributed by atoms with Gasteiger partial charge < -0.3 is 0 Å². The summed E-state index contributed by atoms with van der Waals surface area (Å²) in [6.07, 6.45) is 0. The number of hydrogen-bond acceptors (Lipinski definition) is 3. The van der Waals surface area contributed by atoms with E-state index in [2.05, 4.69) is 31.9 Å². The quantitative estimate of drug-likeness (QED) is 0.238. The van der Waals surface area contributed by atoms with Crippen LogP contribution in [0.4, 0.5) is 26.3 Å². The van der Waals surface area contributed by atoms with Crippen LogP contribution in [0.15, 0.2) is 55.1 Å². The van der Waals surface area contributed by atoms with E-state index in [-0.39, 0.29) is 22.1 Å². The first-order valence-corrected chi connectivity index (χ1v) is 13.5. The first kappa shape index (κ1) is 31.3. The van der Waals surface area contributed by atoms with E-state index in [9.17, 15) is 34.8 Å². The van der Waals surface area contributed by atoms with Crippen molar-refractivity contribution in [1.29, 1.82) is 0 Å². The fraction of sp³-hybridized carbons (Fsp3) is 0.455. The molecule has 2 aromatic rings. The highest BCUT2D eigenvalue weighted by atomic mass is 79.9. The number of rotatable bonds is 2. The normalized spacial score (nSPS) is 13.4. The molecule has 0 fully saturated rings. The molecule has 0 aliphatic heterocycles. The predicted octanol–water partition coefficient (Wildman–Crippen LogP) is 9.40. The minimum absolute atomic E-state index is 0.0848. The lowest BCUT2D eigenvalue weighted by atomic mass is 9.87. The maximum atomic E-state index is 12.5. The van der Waals surface area contributed by atoms with Crippen LogP contribution in [0.1, 0.15) is 52.7 Å². The minimum atomic E-state index is -5.31. The molecule has 34 heavy (non-hydrogen) atoms. The van der Waals surface area contributed by atoms with Crippen LogP contribution in [-0.2, 0) is 20.7 Å². The van der Waals surface area contributed by atoms with Crippen molar-refractivity contribution in [3.8, 4) is 0 Å². The summed E-state index contributed by atoms with van der Waals surface area (Å²) < 4.78 is 97.8. The van der Waals surface area contributed by atoms with Crippen molar-refractivity contribution >= 4 is 53.5 Å². The molecule has 0 amide bonds. The van der Waals surface area contributed by atoms with E-state index in [1.807, 2.05) is 26.8 Å². The molecule has 0 aliphatic carbocycles. The Bertz CT molecular complexity index is 1110. The maximum Gasteiger partial charge on any atom is 0.501 e. The number of halogens is 8. The van der Waals surface area contributed by atoms with Crippen LogP contribution in [0.5, 0.6) is 0 Å². The second-order valence-electron chi connectivity index (χ2n) is 9.35. The molecule has 2 rings (SSSR count). The molecule has 0 heterocycles. The Morgan fingerprint density at radius 1 is 0.676 bits per heavy atom. The number of hydrogen-bond donors (Lipinski definition) is 0. The topological polar surface area (TPSA) is 34.1 Å². The van der Waals surface area contributed by atoms with Gasteiger partial charge in [-0.25, -0.2) is 8.42 Å². The second-order valence-corrected chi connectivity index (χ2v) is 14.3. The molecule has 0 saturated carbocycles. The van der Waals surface area contributed by atoms with Gasteiger partial charge in [-0.15, -0.1) is 0 Å². The van der Waals surface area contributed by atoms with Crippen molar-refractivity contribution in [3.05, 3.63) is 56.5 Å². The van der Waals surface area contributed by atoms with E-state index in [1.54, 1.807) is 32.9 Å². The van der Waals surface area contributed by atoms with Gasteiger partial charge in [0.05, 0.1) is 4.90 Å². The van der Waals surface area contributed by atoms with Crippen LogP contribution >= 0.6 is 43.6 Å². The van der Waals surface area contributed by atoms with Crippen LogP contribution in [-0.4, -0.2) is 19.4 Å². The van der Waals surface area contributed by atoms with Gasteiger partial charge in [0.1, 0.15) is 0 Å². The number of thioether (sulfide) groups is 1.